The summed E-state index contributed by atoms with van der Waals surface area (Å²) in [5.74, 6) is -0.267. The Morgan fingerprint density at radius 3 is 1.95 bits per heavy atom. The molecule has 116 valence electrons. The summed E-state index contributed by atoms with van der Waals surface area (Å²) in [6.45, 7) is 5.03. The number of amides is 1. The van der Waals surface area contributed by atoms with Crippen molar-refractivity contribution in [1.29, 1.82) is 0 Å². The highest BCUT2D eigenvalue weighted by atomic mass is 19.3. The number of benzene rings is 1. The molecule has 3 nitrogen and oxygen atoms in total. The fourth-order valence-corrected chi connectivity index (χ4v) is 0.921. The smallest absolute Gasteiger partial charge is 0.265 e. The topological polar surface area (TPSA) is 41.1 Å². The lowest BCUT2D eigenvalue weighted by Crippen LogP contribution is -2.51. The maximum Gasteiger partial charge on any atom is 0.265 e. The van der Waals surface area contributed by atoms with E-state index in [1.807, 2.05) is 19.9 Å². The van der Waals surface area contributed by atoms with Crippen molar-refractivity contribution in [2.24, 2.45) is 0 Å². The fourth-order valence-electron chi connectivity index (χ4n) is 0.921. The van der Waals surface area contributed by atoms with Gasteiger partial charge >= 0.3 is 0 Å². The Labute approximate surface area is 118 Å². The van der Waals surface area contributed by atoms with Gasteiger partial charge in [0.1, 0.15) is 6.67 Å². The van der Waals surface area contributed by atoms with Gasteiger partial charge in [-0.2, -0.15) is 0 Å². The van der Waals surface area contributed by atoms with Crippen LogP contribution in [0, 0.1) is 0 Å². The van der Waals surface area contributed by atoms with E-state index in [-0.39, 0.29) is 5.91 Å². The van der Waals surface area contributed by atoms with Crippen LogP contribution in [-0.4, -0.2) is 25.0 Å². The third-order valence-electron chi connectivity index (χ3n) is 1.88. The van der Waals surface area contributed by atoms with Crippen molar-refractivity contribution in [3.8, 4) is 0 Å². The average Bonchev–Trinajstić information content (AvgIpc) is 2.49. The summed E-state index contributed by atoms with van der Waals surface area (Å²) < 4.78 is 31.7. The van der Waals surface area contributed by atoms with Crippen molar-refractivity contribution in [3.05, 3.63) is 35.9 Å². The molecule has 0 heterocycles. The Kier molecular flexibility index (Phi) is 12.9. The summed E-state index contributed by atoms with van der Waals surface area (Å²) in [6, 6.07) is 8.76. The van der Waals surface area contributed by atoms with Gasteiger partial charge in [0.05, 0.1) is 5.54 Å². The third kappa shape index (κ3) is 10.4. The van der Waals surface area contributed by atoms with Gasteiger partial charge in [0.2, 0.25) is 6.93 Å². The summed E-state index contributed by atoms with van der Waals surface area (Å²) in [7, 11) is 0. The molecule has 0 bridgehead atoms. The molecule has 0 spiro atoms. The summed E-state index contributed by atoms with van der Waals surface area (Å²) in [6.07, 6.45) is 0. The zero-order valence-corrected chi connectivity index (χ0v) is 12.3. The minimum Gasteiger partial charge on any atom is -0.287 e. The molecule has 2 N–H and O–H groups in total. The maximum atomic E-state index is 12.4. The first-order valence-corrected chi connectivity index (χ1v) is 6.27. The van der Waals surface area contributed by atoms with Gasteiger partial charge in [-0.25, -0.2) is 18.6 Å². The lowest BCUT2D eigenvalue weighted by atomic mass is 10.1. The van der Waals surface area contributed by atoms with E-state index in [4.69, 9.17) is 0 Å². The number of carbonyl (C=O) groups excluding carboxylic acids is 1. The molecule has 0 aliphatic heterocycles. The summed E-state index contributed by atoms with van der Waals surface area (Å²) in [4.78, 5) is 11.5. The van der Waals surface area contributed by atoms with E-state index >= 15 is 0 Å². The number of alkyl halides is 3. The molecular formula is C14H23F3N2O. The monoisotopic (exact) mass is 292 g/mol. The van der Waals surface area contributed by atoms with Gasteiger partial charge in [-0.05, 0) is 26.0 Å². The van der Waals surface area contributed by atoms with Crippen LogP contribution >= 0.6 is 0 Å². The molecule has 6 heteroatoms. The van der Waals surface area contributed by atoms with Crippen molar-refractivity contribution in [2.45, 2.75) is 33.2 Å². The average molecular weight is 292 g/mol. The minimum atomic E-state index is -1.75. The molecule has 0 unspecified atom stereocenters. The second kappa shape index (κ2) is 12.5. The van der Waals surface area contributed by atoms with Crippen LogP contribution in [0.25, 0.3) is 0 Å². The summed E-state index contributed by atoms with van der Waals surface area (Å²) in [5.41, 5.74) is 4.89. The number of rotatable bonds is 4. The molecule has 0 aliphatic rings. The van der Waals surface area contributed by atoms with Crippen LogP contribution in [-0.2, 0) is 0 Å². The second-order valence-corrected chi connectivity index (χ2v) is 4.06. The van der Waals surface area contributed by atoms with Gasteiger partial charge in [0.15, 0.2) is 0 Å². The number of nitrogens with one attached hydrogen (secondary N) is 2. The van der Waals surface area contributed by atoms with Crippen LogP contribution in [0.4, 0.5) is 13.2 Å². The molecule has 0 saturated carbocycles. The van der Waals surface area contributed by atoms with Crippen molar-refractivity contribution in [3.63, 3.8) is 0 Å². The molecule has 1 amide bonds. The SMILES string of the molecule is CC.CC(C)(CF)NNC(=O)c1ccccc1.FCF. The van der Waals surface area contributed by atoms with Gasteiger partial charge in [0.25, 0.3) is 5.91 Å². The summed E-state index contributed by atoms with van der Waals surface area (Å²) in [5, 5.41) is 0. The molecule has 1 aromatic rings. The van der Waals surface area contributed by atoms with Crippen molar-refractivity contribution < 1.29 is 18.0 Å². The predicted molar refractivity (Wildman–Crippen MR) is 75.5 cm³/mol. The van der Waals surface area contributed by atoms with Gasteiger partial charge in [-0.3, -0.25) is 10.2 Å². The first kappa shape index (κ1) is 20.8. The quantitative estimate of drug-likeness (QED) is 0.833. The van der Waals surface area contributed by atoms with E-state index in [0.717, 1.165) is 0 Å². The first-order valence-electron chi connectivity index (χ1n) is 6.27. The van der Waals surface area contributed by atoms with Crippen LogP contribution < -0.4 is 10.9 Å². The lowest BCUT2D eigenvalue weighted by molar-refractivity contribution is 0.0903. The number of hydrazine groups is 1. The predicted octanol–water partition coefficient (Wildman–Crippen LogP) is 3.58. The molecule has 20 heavy (non-hydrogen) atoms. The Bertz CT molecular complexity index is 346. The molecule has 1 aromatic carbocycles. The van der Waals surface area contributed by atoms with Gasteiger partial charge in [0, 0.05) is 5.56 Å². The molecular weight excluding hydrogens is 269 g/mol. The van der Waals surface area contributed by atoms with E-state index in [0.29, 0.717) is 5.56 Å². The highest BCUT2D eigenvalue weighted by molar-refractivity contribution is 5.93. The first-order chi connectivity index (χ1) is 9.46. The molecule has 0 radical (unpaired) electrons. The van der Waals surface area contributed by atoms with E-state index in [1.54, 1.807) is 38.1 Å². The number of hydrogen-bond acceptors (Lipinski definition) is 2. The van der Waals surface area contributed by atoms with Crippen molar-refractivity contribution in [2.75, 3.05) is 13.6 Å². The van der Waals surface area contributed by atoms with Crippen molar-refractivity contribution >= 4 is 5.91 Å². The van der Waals surface area contributed by atoms with Gasteiger partial charge in [-0.15, -0.1) is 0 Å². The second-order valence-electron chi connectivity index (χ2n) is 4.06. The normalized spacial score (nSPS) is 9.55. The van der Waals surface area contributed by atoms with E-state index < -0.39 is 19.1 Å². The highest BCUT2D eigenvalue weighted by Crippen LogP contribution is 2.01. The Morgan fingerprint density at radius 2 is 1.55 bits per heavy atom. The van der Waals surface area contributed by atoms with Gasteiger partial charge < -0.3 is 0 Å². The molecule has 0 fully saturated rings. The van der Waals surface area contributed by atoms with Crippen LogP contribution in [0.2, 0.25) is 0 Å². The maximum absolute atomic E-state index is 12.4. The molecule has 0 atom stereocenters. The Hall–Kier alpha value is -1.56. The largest absolute Gasteiger partial charge is 0.287 e. The van der Waals surface area contributed by atoms with Crippen LogP contribution in [0.15, 0.2) is 30.3 Å². The fraction of sp³-hybridized carbons (Fsp3) is 0.500. The number of halogens is 3. The minimum absolute atomic E-state index is 0.267. The van der Waals surface area contributed by atoms with E-state index in [1.165, 1.54) is 0 Å². The van der Waals surface area contributed by atoms with Crippen molar-refractivity contribution in [1.82, 2.24) is 10.9 Å². The molecule has 0 aromatic heterocycles. The molecule has 0 saturated heterocycles. The Morgan fingerprint density at radius 1 is 1.10 bits per heavy atom. The Balaban J connectivity index is 0. The van der Waals surface area contributed by atoms with E-state index in [2.05, 4.69) is 10.9 Å². The van der Waals surface area contributed by atoms with Crippen LogP contribution in [0.1, 0.15) is 38.1 Å². The highest BCUT2D eigenvalue weighted by Gasteiger charge is 2.17. The van der Waals surface area contributed by atoms with Crippen LogP contribution in [0.5, 0.6) is 0 Å². The summed E-state index contributed by atoms with van der Waals surface area (Å²) >= 11 is 0. The standard InChI is InChI=1S/C11H15FN2O.C2H6.CH2F2/c1-11(2,8-12)14-13-10(15)9-6-4-3-5-7-9;1-2;2-1-3/h3-7,14H,8H2,1-2H3,(H,13,15);1-2H3;1H2. The number of hydrogen-bond donors (Lipinski definition) is 2. The number of carbonyl (C=O) groups is 1. The zero-order valence-electron chi connectivity index (χ0n) is 12.3. The lowest BCUT2D eigenvalue weighted by Gasteiger charge is -2.22. The molecule has 0 aliphatic carbocycles. The van der Waals surface area contributed by atoms with Crippen LogP contribution in [0.3, 0.4) is 0 Å². The van der Waals surface area contributed by atoms with E-state index in [9.17, 15) is 18.0 Å². The third-order valence-corrected chi connectivity index (χ3v) is 1.88. The van der Waals surface area contributed by atoms with Gasteiger partial charge in [-0.1, -0.05) is 32.0 Å². The zero-order chi connectivity index (χ0) is 16.0. The molecule has 1 rings (SSSR count).